The molecule has 0 atom stereocenters. The number of thioether (sulfide) groups is 1. The summed E-state index contributed by atoms with van der Waals surface area (Å²) in [6, 6.07) is 5.94. The molecule has 0 unspecified atom stereocenters. The van der Waals surface area contributed by atoms with Crippen LogP contribution in [0.3, 0.4) is 0 Å². The van der Waals surface area contributed by atoms with Crippen LogP contribution < -0.4 is 10.0 Å². The molecular formula is C21H32ClIN2O3S2. The molecule has 1 fully saturated rings. The average molecular weight is 587 g/mol. The first-order chi connectivity index (χ1) is 14.0. The minimum Gasteiger partial charge on any atom is -0.355 e. The smallest absolute Gasteiger partial charge is 0.223 e. The van der Waals surface area contributed by atoms with Gasteiger partial charge in [-0.15, -0.1) is 0 Å². The topological polar surface area (TPSA) is 75.3 Å². The van der Waals surface area contributed by atoms with E-state index in [-0.39, 0.29) is 17.9 Å². The van der Waals surface area contributed by atoms with E-state index in [4.69, 9.17) is 11.6 Å². The molecule has 0 bridgehead atoms. The fraction of sp³-hybridized carbons (Fsp3) is 0.667. The predicted molar refractivity (Wildman–Crippen MR) is 136 cm³/mol. The summed E-state index contributed by atoms with van der Waals surface area (Å²) in [6.07, 6.45) is 2.84. The zero-order chi connectivity index (χ0) is 22.4. The number of sulfonamides is 1. The number of benzene rings is 1. The standard InChI is InChI=1S/C21H32ClIN2O3S2/c1-21(2,3)30(27,28)25-17-9-7-15(8-10-17)20(26)24-11-12-29-14-18-16(13-23)5-4-6-19(18)22/h4-6,15,17,25H,7-14H2,1-3H3,(H,24,26). The molecular weight excluding hydrogens is 555 g/mol. The summed E-state index contributed by atoms with van der Waals surface area (Å²) in [5, 5.41) is 3.84. The van der Waals surface area contributed by atoms with E-state index in [2.05, 4.69) is 38.7 Å². The van der Waals surface area contributed by atoms with Crippen molar-refractivity contribution in [3.63, 3.8) is 0 Å². The van der Waals surface area contributed by atoms with E-state index in [0.717, 1.165) is 33.8 Å². The number of amides is 1. The van der Waals surface area contributed by atoms with Crippen LogP contribution >= 0.6 is 46.0 Å². The molecule has 1 aliphatic rings. The molecule has 9 heteroatoms. The highest BCUT2D eigenvalue weighted by Crippen LogP contribution is 2.28. The van der Waals surface area contributed by atoms with Crippen LogP contribution in [0.1, 0.15) is 57.6 Å². The van der Waals surface area contributed by atoms with Crippen LogP contribution in [0.25, 0.3) is 0 Å². The first-order valence-corrected chi connectivity index (χ1v) is 14.8. The first kappa shape index (κ1) is 26.2. The van der Waals surface area contributed by atoms with Gasteiger partial charge in [0.25, 0.3) is 0 Å². The van der Waals surface area contributed by atoms with Gasteiger partial charge in [0.15, 0.2) is 0 Å². The zero-order valence-corrected chi connectivity index (χ0v) is 22.4. The second-order valence-corrected chi connectivity index (χ2v) is 13.4. The number of rotatable bonds is 9. The Morgan fingerprint density at radius 1 is 1.23 bits per heavy atom. The molecule has 0 radical (unpaired) electrons. The molecule has 2 N–H and O–H groups in total. The third-order valence-corrected chi connectivity index (χ3v) is 9.80. The molecule has 30 heavy (non-hydrogen) atoms. The van der Waals surface area contributed by atoms with Gasteiger partial charge in [-0.3, -0.25) is 4.79 Å². The normalized spacial score (nSPS) is 20.2. The Morgan fingerprint density at radius 3 is 2.50 bits per heavy atom. The van der Waals surface area contributed by atoms with Crippen molar-refractivity contribution in [2.45, 2.75) is 67.4 Å². The Bertz CT molecular complexity index is 820. The molecule has 0 heterocycles. The Kier molecular flexibility index (Phi) is 10.2. The van der Waals surface area contributed by atoms with Crippen molar-refractivity contribution in [3.05, 3.63) is 34.3 Å². The van der Waals surface area contributed by atoms with E-state index in [9.17, 15) is 13.2 Å². The highest BCUT2D eigenvalue weighted by molar-refractivity contribution is 14.1. The summed E-state index contributed by atoms with van der Waals surface area (Å²) in [5.74, 6) is 1.73. The van der Waals surface area contributed by atoms with Crippen molar-refractivity contribution >= 4 is 61.9 Å². The monoisotopic (exact) mass is 586 g/mol. The van der Waals surface area contributed by atoms with Gasteiger partial charge >= 0.3 is 0 Å². The second-order valence-electron chi connectivity index (χ2n) is 8.64. The number of hydrogen-bond acceptors (Lipinski definition) is 4. The predicted octanol–water partition coefficient (Wildman–Crippen LogP) is 4.90. The molecule has 0 aliphatic heterocycles. The molecule has 1 saturated carbocycles. The number of carbonyl (C=O) groups excluding carboxylic acids is 1. The van der Waals surface area contributed by atoms with Crippen molar-refractivity contribution in [3.8, 4) is 0 Å². The first-order valence-electron chi connectivity index (χ1n) is 10.2. The van der Waals surface area contributed by atoms with E-state index in [1.165, 1.54) is 11.1 Å². The van der Waals surface area contributed by atoms with Crippen LogP contribution in [0.2, 0.25) is 5.02 Å². The van der Waals surface area contributed by atoms with Gasteiger partial charge in [-0.2, -0.15) is 11.8 Å². The maximum Gasteiger partial charge on any atom is 0.223 e. The zero-order valence-electron chi connectivity index (χ0n) is 17.8. The molecule has 1 aromatic rings. The van der Waals surface area contributed by atoms with E-state index >= 15 is 0 Å². The molecule has 1 aromatic carbocycles. The van der Waals surface area contributed by atoms with Gasteiger partial charge in [-0.1, -0.05) is 46.3 Å². The van der Waals surface area contributed by atoms with Gasteiger partial charge in [-0.05, 0) is 63.6 Å². The maximum absolute atomic E-state index is 12.5. The number of halogens is 2. The van der Waals surface area contributed by atoms with Crippen LogP contribution in [-0.2, 0) is 25.0 Å². The second kappa shape index (κ2) is 11.7. The number of hydrogen-bond donors (Lipinski definition) is 2. The van der Waals surface area contributed by atoms with Crippen LogP contribution in [0.15, 0.2) is 18.2 Å². The highest BCUT2D eigenvalue weighted by Gasteiger charge is 2.33. The van der Waals surface area contributed by atoms with Crippen LogP contribution in [0, 0.1) is 5.92 Å². The molecule has 0 aromatic heterocycles. The molecule has 2 rings (SSSR count). The van der Waals surface area contributed by atoms with Crippen molar-refractivity contribution < 1.29 is 13.2 Å². The van der Waals surface area contributed by atoms with E-state index < -0.39 is 14.8 Å². The fourth-order valence-electron chi connectivity index (χ4n) is 3.32. The third-order valence-electron chi connectivity index (χ3n) is 5.38. The van der Waals surface area contributed by atoms with E-state index in [0.29, 0.717) is 19.4 Å². The van der Waals surface area contributed by atoms with E-state index in [1.54, 1.807) is 32.5 Å². The fourth-order valence-corrected chi connectivity index (χ4v) is 6.34. The van der Waals surface area contributed by atoms with Crippen LogP contribution in [0.4, 0.5) is 0 Å². The molecule has 0 saturated heterocycles. The van der Waals surface area contributed by atoms with Crippen molar-refractivity contribution in [2.75, 3.05) is 12.3 Å². The van der Waals surface area contributed by atoms with Gasteiger partial charge < -0.3 is 5.32 Å². The van der Waals surface area contributed by atoms with Gasteiger partial charge in [0.05, 0.1) is 4.75 Å². The summed E-state index contributed by atoms with van der Waals surface area (Å²) in [6.45, 7) is 5.71. The van der Waals surface area contributed by atoms with Crippen molar-refractivity contribution in [2.24, 2.45) is 5.92 Å². The lowest BCUT2D eigenvalue weighted by Gasteiger charge is -2.30. The van der Waals surface area contributed by atoms with Crippen LogP contribution in [-0.4, -0.2) is 37.4 Å². The van der Waals surface area contributed by atoms with Crippen LogP contribution in [0.5, 0.6) is 0 Å². The molecule has 0 spiro atoms. The minimum atomic E-state index is -3.35. The van der Waals surface area contributed by atoms with E-state index in [1.807, 2.05) is 12.1 Å². The van der Waals surface area contributed by atoms with Gasteiger partial charge in [0.2, 0.25) is 15.9 Å². The minimum absolute atomic E-state index is 0.0282. The quantitative estimate of drug-likeness (QED) is 0.245. The Morgan fingerprint density at radius 2 is 1.90 bits per heavy atom. The summed E-state index contributed by atoms with van der Waals surface area (Å²) >= 11 is 10.4. The summed E-state index contributed by atoms with van der Waals surface area (Å²) < 4.78 is 27.5. The lowest BCUT2D eigenvalue weighted by molar-refractivity contribution is -0.125. The molecule has 1 amide bonds. The number of nitrogens with one attached hydrogen (secondary N) is 2. The molecule has 170 valence electrons. The lowest BCUT2D eigenvalue weighted by Crippen LogP contribution is -2.46. The highest BCUT2D eigenvalue weighted by atomic mass is 127. The average Bonchev–Trinajstić information content (AvgIpc) is 2.68. The SMILES string of the molecule is CC(C)(C)S(=O)(=O)NC1CCC(C(=O)NCCSCc2c(Cl)cccc2CI)CC1. The largest absolute Gasteiger partial charge is 0.355 e. The Labute approximate surface area is 204 Å². The van der Waals surface area contributed by atoms with Crippen molar-refractivity contribution in [1.29, 1.82) is 0 Å². The van der Waals surface area contributed by atoms with Gasteiger partial charge in [0, 0.05) is 39.5 Å². The summed E-state index contributed by atoms with van der Waals surface area (Å²) in [7, 11) is -3.35. The summed E-state index contributed by atoms with van der Waals surface area (Å²) in [5.41, 5.74) is 2.44. The number of alkyl halides is 1. The molecule has 5 nitrogen and oxygen atoms in total. The van der Waals surface area contributed by atoms with Gasteiger partial charge in [-0.25, -0.2) is 13.1 Å². The lowest BCUT2D eigenvalue weighted by atomic mass is 9.86. The Hall–Kier alpha value is -0.0300. The Balaban J connectivity index is 1.69. The van der Waals surface area contributed by atoms with Gasteiger partial charge in [0.1, 0.15) is 0 Å². The summed E-state index contributed by atoms with van der Waals surface area (Å²) in [4.78, 5) is 12.5. The third kappa shape index (κ3) is 7.53. The number of carbonyl (C=O) groups is 1. The van der Waals surface area contributed by atoms with Crippen molar-refractivity contribution in [1.82, 2.24) is 10.0 Å². The maximum atomic E-state index is 12.5. The molecule has 1 aliphatic carbocycles.